The topological polar surface area (TPSA) is 30.7 Å². The first-order chi connectivity index (χ1) is 9.78. The number of nitrogens with zero attached hydrogens (tertiary/aromatic N) is 3. The smallest absolute Gasteiger partial charge is 0.160 e. The van der Waals surface area contributed by atoms with Crippen molar-refractivity contribution in [2.75, 3.05) is 0 Å². The number of hydrogen-bond donors (Lipinski definition) is 0. The number of imidazole rings is 1. The quantitative estimate of drug-likeness (QED) is 0.781. The highest BCUT2D eigenvalue weighted by molar-refractivity contribution is 6.16. The molecule has 4 heteroatoms. The van der Waals surface area contributed by atoms with Gasteiger partial charge in [0.1, 0.15) is 11.3 Å². The molecule has 4 rings (SSSR count). The van der Waals surface area contributed by atoms with E-state index in [1.165, 1.54) is 31.2 Å². The number of hydrogen-bond acceptors (Lipinski definition) is 2. The van der Waals surface area contributed by atoms with Gasteiger partial charge < -0.3 is 4.57 Å². The summed E-state index contributed by atoms with van der Waals surface area (Å²) >= 11 is 6.12. The van der Waals surface area contributed by atoms with Crippen LogP contribution in [0, 0.1) is 24.7 Å². The van der Waals surface area contributed by atoms with Crippen LogP contribution in [0.1, 0.15) is 37.1 Å². The van der Waals surface area contributed by atoms with E-state index < -0.39 is 0 Å². The molecular formula is C16H20ClN3. The van der Waals surface area contributed by atoms with Crippen LogP contribution in [0.25, 0.3) is 11.2 Å². The van der Waals surface area contributed by atoms with Crippen molar-refractivity contribution < 1.29 is 0 Å². The second-order valence-corrected chi connectivity index (χ2v) is 6.68. The molecule has 2 heterocycles. The molecule has 3 nitrogen and oxygen atoms in total. The van der Waals surface area contributed by atoms with Crippen molar-refractivity contribution in [1.29, 1.82) is 0 Å². The van der Waals surface area contributed by atoms with Crippen LogP contribution in [-0.4, -0.2) is 14.5 Å². The number of rotatable bonds is 5. The largest absolute Gasteiger partial charge is 0.311 e. The van der Waals surface area contributed by atoms with E-state index in [9.17, 15) is 0 Å². The van der Waals surface area contributed by atoms with Gasteiger partial charge in [-0.3, -0.25) is 0 Å². The number of aromatic nitrogens is 3. The summed E-state index contributed by atoms with van der Waals surface area (Å²) in [6.07, 6.45) is 7.54. The van der Waals surface area contributed by atoms with Crippen molar-refractivity contribution in [3.05, 3.63) is 23.7 Å². The summed E-state index contributed by atoms with van der Waals surface area (Å²) < 4.78 is 2.29. The first kappa shape index (κ1) is 12.6. The molecule has 2 fully saturated rings. The summed E-state index contributed by atoms with van der Waals surface area (Å²) in [6, 6.07) is 2.02. The standard InChI is InChI=1S/C16H20ClN3/c1-10-6-7-18-16-15(10)19-14(8-17)20(16)9-13(11-2-3-11)12-4-5-12/h6-7,11-13H,2-5,8-9H2,1H3. The number of aryl methyl sites for hydroxylation is 1. The lowest BCUT2D eigenvalue weighted by molar-refractivity contribution is 0.349. The van der Waals surface area contributed by atoms with Crippen LogP contribution in [0.3, 0.4) is 0 Å². The molecule has 0 aliphatic heterocycles. The van der Waals surface area contributed by atoms with Crippen LogP contribution in [0.15, 0.2) is 12.3 Å². The minimum atomic E-state index is 0.470. The number of pyridine rings is 1. The molecule has 2 aromatic rings. The van der Waals surface area contributed by atoms with Crippen LogP contribution in [0.2, 0.25) is 0 Å². The highest BCUT2D eigenvalue weighted by atomic mass is 35.5. The van der Waals surface area contributed by atoms with E-state index in [0.717, 1.165) is 41.3 Å². The molecule has 0 N–H and O–H groups in total. The molecule has 0 amide bonds. The average Bonchev–Trinajstić information content (AvgIpc) is 3.34. The normalized spacial score (nSPS) is 19.1. The van der Waals surface area contributed by atoms with Gasteiger partial charge in [0.05, 0.1) is 5.88 Å². The fraction of sp³-hybridized carbons (Fsp3) is 0.625. The maximum atomic E-state index is 6.12. The number of halogens is 1. The van der Waals surface area contributed by atoms with E-state index in [-0.39, 0.29) is 0 Å². The van der Waals surface area contributed by atoms with Gasteiger partial charge in [0, 0.05) is 12.7 Å². The zero-order chi connectivity index (χ0) is 13.7. The Bertz CT molecular complexity index is 628. The van der Waals surface area contributed by atoms with Gasteiger partial charge in [0.2, 0.25) is 0 Å². The zero-order valence-corrected chi connectivity index (χ0v) is 12.6. The zero-order valence-electron chi connectivity index (χ0n) is 11.8. The van der Waals surface area contributed by atoms with Crippen LogP contribution < -0.4 is 0 Å². The maximum absolute atomic E-state index is 6.12. The van der Waals surface area contributed by atoms with E-state index in [0.29, 0.717) is 5.88 Å². The third-order valence-electron chi connectivity index (χ3n) is 4.88. The van der Waals surface area contributed by atoms with Crippen LogP contribution >= 0.6 is 11.6 Å². The van der Waals surface area contributed by atoms with Gasteiger partial charge in [0.25, 0.3) is 0 Å². The van der Waals surface area contributed by atoms with Gasteiger partial charge in [-0.1, -0.05) is 0 Å². The lowest BCUT2D eigenvalue weighted by atomic mass is 9.98. The molecule has 2 aliphatic rings. The Balaban J connectivity index is 1.75. The van der Waals surface area contributed by atoms with Gasteiger partial charge in [-0.2, -0.15) is 0 Å². The summed E-state index contributed by atoms with van der Waals surface area (Å²) in [7, 11) is 0. The minimum absolute atomic E-state index is 0.470. The first-order valence-corrected chi connectivity index (χ1v) is 8.18. The lowest BCUT2D eigenvalue weighted by Crippen LogP contribution is -2.17. The fourth-order valence-electron chi connectivity index (χ4n) is 3.42. The Hall–Kier alpha value is -1.09. The molecule has 0 atom stereocenters. The molecule has 0 bridgehead atoms. The van der Waals surface area contributed by atoms with Crippen molar-refractivity contribution in [1.82, 2.24) is 14.5 Å². The molecular weight excluding hydrogens is 270 g/mol. The van der Waals surface area contributed by atoms with E-state index in [1.807, 2.05) is 12.3 Å². The third-order valence-corrected chi connectivity index (χ3v) is 5.12. The van der Waals surface area contributed by atoms with E-state index in [4.69, 9.17) is 16.6 Å². The number of alkyl halides is 1. The summed E-state index contributed by atoms with van der Waals surface area (Å²) in [5.41, 5.74) is 3.23. The lowest BCUT2D eigenvalue weighted by Gasteiger charge is -2.17. The predicted molar refractivity (Wildman–Crippen MR) is 80.8 cm³/mol. The molecule has 2 aromatic heterocycles. The van der Waals surface area contributed by atoms with E-state index in [1.54, 1.807) is 0 Å². The molecule has 0 saturated heterocycles. The molecule has 0 unspecified atom stereocenters. The molecule has 0 spiro atoms. The molecule has 20 heavy (non-hydrogen) atoms. The number of fused-ring (bicyclic) bond motifs is 1. The second kappa shape index (κ2) is 4.73. The summed E-state index contributed by atoms with van der Waals surface area (Å²) in [5, 5.41) is 0. The van der Waals surface area contributed by atoms with Gasteiger partial charge in [-0.15, -0.1) is 11.6 Å². The van der Waals surface area contributed by atoms with Crippen molar-refractivity contribution in [2.45, 2.75) is 45.0 Å². The average molecular weight is 290 g/mol. The minimum Gasteiger partial charge on any atom is -0.311 e. The van der Waals surface area contributed by atoms with Crippen LogP contribution in [0.4, 0.5) is 0 Å². The second-order valence-electron chi connectivity index (χ2n) is 6.41. The Kier molecular flexibility index (Phi) is 2.99. The van der Waals surface area contributed by atoms with Crippen LogP contribution in [0.5, 0.6) is 0 Å². The van der Waals surface area contributed by atoms with Crippen molar-refractivity contribution >= 4 is 22.8 Å². The summed E-state index contributed by atoms with van der Waals surface area (Å²) in [5.74, 6) is 4.14. The first-order valence-electron chi connectivity index (χ1n) is 7.64. The van der Waals surface area contributed by atoms with Crippen molar-refractivity contribution in [3.63, 3.8) is 0 Å². The molecule has 0 aromatic carbocycles. The Morgan fingerprint density at radius 1 is 1.30 bits per heavy atom. The maximum Gasteiger partial charge on any atom is 0.160 e. The fourth-order valence-corrected chi connectivity index (χ4v) is 3.62. The van der Waals surface area contributed by atoms with Gasteiger partial charge in [0.15, 0.2) is 5.65 Å². The van der Waals surface area contributed by atoms with Crippen molar-refractivity contribution in [2.24, 2.45) is 17.8 Å². The summed E-state index contributed by atoms with van der Waals surface area (Å²) in [6.45, 7) is 3.16. The van der Waals surface area contributed by atoms with Gasteiger partial charge in [-0.25, -0.2) is 9.97 Å². The van der Waals surface area contributed by atoms with E-state index >= 15 is 0 Å². The molecule has 2 saturated carbocycles. The highest BCUT2D eigenvalue weighted by Gasteiger charge is 2.41. The Morgan fingerprint density at radius 2 is 2.00 bits per heavy atom. The van der Waals surface area contributed by atoms with Gasteiger partial charge in [-0.05, 0) is 62.0 Å². The Morgan fingerprint density at radius 3 is 2.60 bits per heavy atom. The third kappa shape index (κ3) is 2.12. The van der Waals surface area contributed by atoms with Gasteiger partial charge >= 0.3 is 0 Å². The molecule has 2 aliphatic carbocycles. The highest BCUT2D eigenvalue weighted by Crippen LogP contribution is 2.50. The summed E-state index contributed by atoms with van der Waals surface area (Å²) in [4.78, 5) is 9.28. The van der Waals surface area contributed by atoms with Crippen LogP contribution in [-0.2, 0) is 12.4 Å². The predicted octanol–water partition coefficient (Wildman–Crippen LogP) is 3.91. The Labute approximate surface area is 124 Å². The van der Waals surface area contributed by atoms with E-state index in [2.05, 4.69) is 16.5 Å². The molecule has 0 radical (unpaired) electrons. The SMILES string of the molecule is Cc1ccnc2c1nc(CCl)n2CC(C1CC1)C1CC1. The molecule has 106 valence electrons. The monoisotopic (exact) mass is 289 g/mol. The van der Waals surface area contributed by atoms with Crippen molar-refractivity contribution in [3.8, 4) is 0 Å².